The van der Waals surface area contributed by atoms with E-state index < -0.39 is 6.09 Å². The third kappa shape index (κ3) is 4.87. The molecule has 0 atom stereocenters. The molecule has 0 saturated carbocycles. The van der Waals surface area contributed by atoms with Crippen LogP contribution in [0.25, 0.3) is 0 Å². The minimum Gasteiger partial charge on any atom is -0.448 e. The molecule has 140 valence electrons. The van der Waals surface area contributed by atoms with Crippen LogP contribution in [0.15, 0.2) is 29.4 Å². The monoisotopic (exact) mass is 378 g/mol. The predicted octanol–water partition coefficient (Wildman–Crippen LogP) is 0.687. The van der Waals surface area contributed by atoms with Gasteiger partial charge in [-0.15, -0.1) is 11.8 Å². The smallest absolute Gasteiger partial charge is 0.410 e. The van der Waals surface area contributed by atoms with E-state index in [9.17, 15) is 14.4 Å². The van der Waals surface area contributed by atoms with Gasteiger partial charge in [-0.25, -0.2) is 4.79 Å². The van der Waals surface area contributed by atoms with Crippen molar-refractivity contribution in [1.82, 2.24) is 19.7 Å². The lowest BCUT2D eigenvalue weighted by Gasteiger charge is -2.23. The molecule has 1 aromatic heterocycles. The van der Waals surface area contributed by atoms with Gasteiger partial charge < -0.3 is 14.5 Å². The number of hydrogen-bond acceptors (Lipinski definition) is 6. The molecule has 3 rings (SSSR count). The second kappa shape index (κ2) is 8.88. The van der Waals surface area contributed by atoms with Crippen LogP contribution in [-0.2, 0) is 14.3 Å². The van der Waals surface area contributed by atoms with E-state index in [1.54, 1.807) is 17.3 Å². The van der Waals surface area contributed by atoms with Crippen molar-refractivity contribution in [2.45, 2.75) is 11.3 Å². The number of thioether (sulfide) groups is 1. The summed E-state index contributed by atoms with van der Waals surface area (Å²) in [5, 5.41) is 0. The lowest BCUT2D eigenvalue weighted by molar-refractivity contribution is -0.132. The molecule has 2 aliphatic heterocycles. The molecule has 1 aromatic rings. The van der Waals surface area contributed by atoms with Crippen molar-refractivity contribution >= 4 is 29.7 Å². The fourth-order valence-electron chi connectivity index (χ4n) is 2.92. The minimum absolute atomic E-state index is 0.0463. The van der Waals surface area contributed by atoms with Gasteiger partial charge in [0.2, 0.25) is 11.8 Å². The number of pyridine rings is 1. The Hall–Kier alpha value is -2.29. The van der Waals surface area contributed by atoms with Gasteiger partial charge in [-0.3, -0.25) is 19.5 Å². The maximum Gasteiger partial charge on any atom is 0.410 e. The second-order valence-electron chi connectivity index (χ2n) is 6.12. The SMILES string of the molecule is O=C(CSc1ccncc1)N1CCCN(C(=O)CN2CCOC2=O)CC1. The quantitative estimate of drug-likeness (QED) is 0.701. The first-order chi connectivity index (χ1) is 12.6. The lowest BCUT2D eigenvalue weighted by Crippen LogP contribution is -2.43. The Morgan fingerprint density at radius 2 is 1.73 bits per heavy atom. The largest absolute Gasteiger partial charge is 0.448 e. The van der Waals surface area contributed by atoms with E-state index in [0.717, 1.165) is 11.3 Å². The number of hydrogen-bond donors (Lipinski definition) is 0. The number of nitrogens with zero attached hydrogens (tertiary/aromatic N) is 4. The number of ether oxygens (including phenoxy) is 1. The number of amides is 3. The van der Waals surface area contributed by atoms with E-state index in [0.29, 0.717) is 45.1 Å². The Balaban J connectivity index is 1.45. The Bertz CT molecular complexity index is 657. The summed E-state index contributed by atoms with van der Waals surface area (Å²) in [5.41, 5.74) is 0. The molecule has 9 heteroatoms. The van der Waals surface area contributed by atoms with E-state index >= 15 is 0 Å². The molecule has 26 heavy (non-hydrogen) atoms. The molecule has 0 N–H and O–H groups in total. The number of cyclic esters (lactones) is 1. The van der Waals surface area contributed by atoms with Gasteiger partial charge in [-0.1, -0.05) is 0 Å². The van der Waals surface area contributed by atoms with Gasteiger partial charge in [0.15, 0.2) is 0 Å². The predicted molar refractivity (Wildman–Crippen MR) is 95.7 cm³/mol. The molecule has 0 spiro atoms. The fourth-order valence-corrected chi connectivity index (χ4v) is 3.71. The first kappa shape index (κ1) is 18.5. The summed E-state index contributed by atoms with van der Waals surface area (Å²) in [6.45, 7) is 3.09. The maximum atomic E-state index is 12.4. The highest BCUT2D eigenvalue weighted by molar-refractivity contribution is 8.00. The van der Waals surface area contributed by atoms with Crippen LogP contribution >= 0.6 is 11.8 Å². The molecule has 2 fully saturated rings. The van der Waals surface area contributed by atoms with Crippen LogP contribution in [0.2, 0.25) is 0 Å². The van der Waals surface area contributed by atoms with Gasteiger partial charge >= 0.3 is 6.09 Å². The maximum absolute atomic E-state index is 12.4. The van der Waals surface area contributed by atoms with Gasteiger partial charge in [0, 0.05) is 43.5 Å². The van der Waals surface area contributed by atoms with E-state index in [1.165, 1.54) is 16.7 Å². The van der Waals surface area contributed by atoms with Gasteiger partial charge in [-0.05, 0) is 18.6 Å². The average Bonchev–Trinajstić information content (AvgIpc) is 2.91. The Kier molecular flexibility index (Phi) is 6.32. The molecule has 2 aliphatic rings. The van der Waals surface area contributed by atoms with E-state index in [1.807, 2.05) is 17.0 Å². The van der Waals surface area contributed by atoms with Crippen LogP contribution in [0.5, 0.6) is 0 Å². The van der Waals surface area contributed by atoms with Gasteiger partial charge in [0.05, 0.1) is 12.3 Å². The number of aromatic nitrogens is 1. The number of carbonyl (C=O) groups excluding carboxylic acids is 3. The highest BCUT2D eigenvalue weighted by atomic mass is 32.2. The van der Waals surface area contributed by atoms with Crippen molar-refractivity contribution in [3.8, 4) is 0 Å². The standard InChI is InChI=1S/C17H22N4O4S/c22-15(12-21-10-11-25-17(21)24)19-6-1-7-20(9-8-19)16(23)13-26-14-2-4-18-5-3-14/h2-5H,1,6-13H2. The van der Waals surface area contributed by atoms with Crippen molar-refractivity contribution in [1.29, 1.82) is 0 Å². The van der Waals surface area contributed by atoms with Crippen LogP contribution in [0.4, 0.5) is 4.79 Å². The normalized spacial score (nSPS) is 17.8. The first-order valence-corrected chi connectivity index (χ1v) is 9.62. The third-order valence-electron chi connectivity index (χ3n) is 4.38. The second-order valence-corrected chi connectivity index (χ2v) is 7.17. The first-order valence-electron chi connectivity index (χ1n) is 8.63. The van der Waals surface area contributed by atoms with Crippen molar-refractivity contribution in [2.24, 2.45) is 0 Å². The third-order valence-corrected chi connectivity index (χ3v) is 5.38. The summed E-state index contributed by atoms with van der Waals surface area (Å²) < 4.78 is 4.85. The molecule has 0 aromatic carbocycles. The number of carbonyl (C=O) groups is 3. The van der Waals surface area contributed by atoms with Crippen LogP contribution in [0, 0.1) is 0 Å². The molecule has 0 unspecified atom stereocenters. The highest BCUT2D eigenvalue weighted by Crippen LogP contribution is 2.17. The van der Waals surface area contributed by atoms with Crippen molar-refractivity contribution in [2.75, 3.05) is 51.6 Å². The summed E-state index contributed by atoms with van der Waals surface area (Å²) in [6, 6.07) is 3.76. The average molecular weight is 378 g/mol. The molecule has 0 aliphatic carbocycles. The molecule has 0 radical (unpaired) electrons. The van der Waals surface area contributed by atoms with Crippen LogP contribution < -0.4 is 0 Å². The van der Waals surface area contributed by atoms with E-state index in [-0.39, 0.29) is 18.4 Å². The fraction of sp³-hybridized carbons (Fsp3) is 0.529. The Morgan fingerprint density at radius 1 is 1.04 bits per heavy atom. The highest BCUT2D eigenvalue weighted by Gasteiger charge is 2.28. The van der Waals surface area contributed by atoms with Crippen LogP contribution in [-0.4, -0.2) is 89.2 Å². The molecular formula is C17H22N4O4S. The minimum atomic E-state index is -0.432. The van der Waals surface area contributed by atoms with Crippen LogP contribution in [0.1, 0.15) is 6.42 Å². The molecule has 3 amide bonds. The summed E-state index contributed by atoms with van der Waals surface area (Å²) in [5.74, 6) is 0.353. The summed E-state index contributed by atoms with van der Waals surface area (Å²) in [7, 11) is 0. The summed E-state index contributed by atoms with van der Waals surface area (Å²) in [4.78, 5) is 46.2. The zero-order chi connectivity index (χ0) is 18.4. The molecule has 0 bridgehead atoms. The number of rotatable bonds is 5. The summed E-state index contributed by atoms with van der Waals surface area (Å²) in [6.07, 6.45) is 3.72. The lowest BCUT2D eigenvalue weighted by atomic mass is 10.3. The van der Waals surface area contributed by atoms with Crippen LogP contribution in [0.3, 0.4) is 0 Å². The van der Waals surface area contributed by atoms with Crippen molar-refractivity contribution < 1.29 is 19.1 Å². The Morgan fingerprint density at radius 3 is 2.38 bits per heavy atom. The van der Waals surface area contributed by atoms with Gasteiger partial charge in [-0.2, -0.15) is 0 Å². The van der Waals surface area contributed by atoms with E-state index in [4.69, 9.17) is 4.74 Å². The topological polar surface area (TPSA) is 83.1 Å². The zero-order valence-electron chi connectivity index (χ0n) is 14.5. The Labute approximate surface area is 156 Å². The molecule has 2 saturated heterocycles. The molecule has 3 heterocycles. The zero-order valence-corrected chi connectivity index (χ0v) is 15.3. The van der Waals surface area contributed by atoms with Gasteiger partial charge in [0.1, 0.15) is 13.2 Å². The van der Waals surface area contributed by atoms with Gasteiger partial charge in [0.25, 0.3) is 0 Å². The van der Waals surface area contributed by atoms with Crippen molar-refractivity contribution in [3.05, 3.63) is 24.5 Å². The van der Waals surface area contributed by atoms with E-state index in [2.05, 4.69) is 4.98 Å². The molecule has 8 nitrogen and oxygen atoms in total. The molecular weight excluding hydrogens is 356 g/mol. The van der Waals surface area contributed by atoms with Crippen molar-refractivity contribution in [3.63, 3.8) is 0 Å². The summed E-state index contributed by atoms with van der Waals surface area (Å²) >= 11 is 1.49.